The van der Waals surface area contributed by atoms with Crippen LogP contribution in [0.4, 0.5) is 0 Å². The van der Waals surface area contributed by atoms with E-state index in [1.165, 1.54) is 45.3 Å². The molecule has 4 heterocycles. The summed E-state index contributed by atoms with van der Waals surface area (Å²) in [5.74, 6) is 1.53. The van der Waals surface area contributed by atoms with Gasteiger partial charge in [0.1, 0.15) is 73.8 Å². The number of aliphatic hydroxyl groups is 4. The smallest absolute Gasteiger partial charge is 0.196 e. The van der Waals surface area contributed by atoms with Crippen molar-refractivity contribution in [1.82, 2.24) is 0 Å². The van der Waals surface area contributed by atoms with E-state index >= 15 is 0 Å². The van der Waals surface area contributed by atoms with Gasteiger partial charge in [-0.25, -0.2) is 0 Å². The van der Waals surface area contributed by atoms with Crippen molar-refractivity contribution >= 4 is 126 Å². The van der Waals surface area contributed by atoms with Crippen LogP contribution < -0.4 is 40.7 Å². The Kier molecular flexibility index (Phi) is 19.3. The fourth-order valence-corrected chi connectivity index (χ4v) is 14.6. The van der Waals surface area contributed by atoms with E-state index in [1.54, 1.807) is 72.8 Å². The van der Waals surface area contributed by atoms with E-state index in [4.69, 9.17) is 37.9 Å². The van der Waals surface area contributed by atoms with E-state index in [0.29, 0.717) is 66.1 Å². The average Bonchev–Trinajstić information content (AvgIpc) is 3.03. The van der Waals surface area contributed by atoms with Crippen LogP contribution in [0.5, 0.6) is 23.0 Å². The largest absolute Gasteiger partial charge is 0.491 e. The molecule has 8 aromatic carbocycles. The Balaban J connectivity index is 0.737. The summed E-state index contributed by atoms with van der Waals surface area (Å²) in [5, 5.41) is 49.5. The van der Waals surface area contributed by atoms with Gasteiger partial charge in [-0.15, -0.1) is 45.3 Å². The van der Waals surface area contributed by atoms with Gasteiger partial charge in [-0.2, -0.15) is 0 Å². The van der Waals surface area contributed by atoms with E-state index < -0.39 is 29.8 Å². The molecule has 0 aliphatic heterocycles. The van der Waals surface area contributed by atoms with Gasteiger partial charge in [0.05, 0.1) is 58.3 Å². The second kappa shape index (κ2) is 27.9. The third kappa shape index (κ3) is 14.5. The minimum atomic E-state index is -1.25. The first-order chi connectivity index (χ1) is 43.3. The van der Waals surface area contributed by atoms with Gasteiger partial charge in [0, 0.05) is 80.7 Å². The second-order valence-corrected chi connectivity index (χ2v) is 26.1. The Morgan fingerprint density at radius 3 is 0.730 bits per heavy atom. The van der Waals surface area contributed by atoms with Crippen molar-refractivity contribution in [2.75, 3.05) is 79.3 Å². The first kappa shape index (κ1) is 61.4. The lowest BCUT2D eigenvalue weighted by Gasteiger charge is -2.34. The molecule has 0 amide bonds. The third-order valence-corrected chi connectivity index (χ3v) is 19.4. The lowest BCUT2D eigenvalue weighted by atomic mass is 9.92. The van der Waals surface area contributed by atoms with Gasteiger partial charge in [0.15, 0.2) is 21.7 Å². The molecule has 456 valence electrons. The van der Waals surface area contributed by atoms with Crippen molar-refractivity contribution in [3.8, 4) is 23.0 Å². The summed E-state index contributed by atoms with van der Waals surface area (Å²) in [6, 6.07) is 50.4. The number of hydrogen-bond donors (Lipinski definition) is 4. The van der Waals surface area contributed by atoms with Gasteiger partial charge in [0.25, 0.3) is 0 Å². The topological polar surface area (TPSA) is 223 Å². The van der Waals surface area contributed by atoms with E-state index in [0.717, 1.165) is 37.6 Å². The number of ether oxygens (including phenoxy) is 8. The average molecular weight is 1270 g/mol. The van der Waals surface area contributed by atoms with Gasteiger partial charge in [-0.3, -0.25) is 19.2 Å². The number of fused-ring (bicyclic) bond motifs is 8. The molecule has 16 nitrogen and oxygen atoms in total. The Morgan fingerprint density at radius 2 is 0.494 bits per heavy atom. The quantitative estimate of drug-likeness (QED) is 0.0335. The number of hydrogen-bond acceptors (Lipinski definition) is 20. The molecule has 0 saturated heterocycles. The molecule has 4 atom stereocenters. The fourth-order valence-electron chi connectivity index (χ4n) is 10.3. The lowest BCUT2D eigenvalue weighted by molar-refractivity contribution is -0.135. The van der Waals surface area contributed by atoms with Gasteiger partial charge in [0.2, 0.25) is 0 Å². The van der Waals surface area contributed by atoms with Crippen LogP contribution in [0.1, 0.15) is 0 Å². The summed E-state index contributed by atoms with van der Waals surface area (Å²) in [4.78, 5) is 53.7. The monoisotopic (exact) mass is 1270 g/mol. The van der Waals surface area contributed by atoms with Crippen molar-refractivity contribution in [2.45, 2.75) is 24.4 Å². The van der Waals surface area contributed by atoms with Gasteiger partial charge in [-0.1, -0.05) is 48.5 Å². The van der Waals surface area contributed by atoms with Crippen LogP contribution in [0.2, 0.25) is 0 Å². The molecule has 4 N–H and O–H groups in total. The highest BCUT2D eigenvalue weighted by atomic mass is 32.1. The van der Waals surface area contributed by atoms with Crippen LogP contribution >= 0.6 is 45.3 Å². The standard InChI is InChI=1S/C69H60O16S4/c70-41(33-82-45-17-21-61-53(25-45)65(74)49-9-1-5-13-57(49)86-61)29-78-37-69(38-79-30-42(71)34-83-46-18-22-62-54(26-46)66(75)50-10-2-6-14-58(50)87-62,39-80-31-43(72)35-84-47-19-23-63-55(27-47)67(76)51-11-3-7-15-59(51)88-63)40-81-32-44(73)36-85-48-20-24-64-56(28-48)68(77)52-12-4-8-16-60(52)89-64/h1-28,41-44,70-73H,29-40H2. The maximum Gasteiger partial charge on any atom is 0.196 e. The van der Waals surface area contributed by atoms with E-state index in [1.807, 2.05) is 97.1 Å². The van der Waals surface area contributed by atoms with Crippen LogP contribution in [-0.4, -0.2) is 124 Å². The molecule has 0 spiro atoms. The maximum absolute atomic E-state index is 13.4. The first-order valence-corrected chi connectivity index (χ1v) is 32.0. The molecule has 4 aromatic heterocycles. The Hall–Kier alpha value is -7.80. The minimum absolute atomic E-state index is 0.124. The number of benzene rings is 8. The second-order valence-electron chi connectivity index (χ2n) is 21.8. The molecule has 4 unspecified atom stereocenters. The van der Waals surface area contributed by atoms with Gasteiger partial charge < -0.3 is 58.3 Å². The van der Waals surface area contributed by atoms with Crippen LogP contribution in [0.3, 0.4) is 0 Å². The highest BCUT2D eigenvalue weighted by Crippen LogP contribution is 2.32. The van der Waals surface area contributed by atoms with Crippen LogP contribution in [0.25, 0.3) is 80.7 Å². The van der Waals surface area contributed by atoms with Crippen LogP contribution in [-0.2, 0) is 18.9 Å². The highest BCUT2D eigenvalue weighted by molar-refractivity contribution is 7.25. The minimum Gasteiger partial charge on any atom is -0.491 e. The normalized spacial score (nSPS) is 14.0. The van der Waals surface area contributed by atoms with Crippen LogP contribution in [0.15, 0.2) is 189 Å². The third-order valence-electron chi connectivity index (χ3n) is 14.8. The SMILES string of the molecule is O=c1c2ccccc2sc2ccc(OCC(O)COCC(COCC(O)COc3ccc4sc5ccccc5c(=O)c4c3)(COCC(O)COc3ccc4sc5ccccc5c(=O)c4c3)COCC(O)COc3ccc4sc5ccccc5c(=O)c4c3)cc12. The molecule has 0 radical (unpaired) electrons. The van der Waals surface area contributed by atoms with Crippen molar-refractivity contribution in [1.29, 1.82) is 0 Å². The predicted molar refractivity (Wildman–Crippen MR) is 354 cm³/mol. The molecule has 0 bridgehead atoms. The van der Waals surface area contributed by atoms with Gasteiger partial charge >= 0.3 is 0 Å². The summed E-state index contributed by atoms with van der Waals surface area (Å²) in [5.41, 5.74) is -1.74. The lowest BCUT2D eigenvalue weighted by Crippen LogP contribution is -2.44. The highest BCUT2D eigenvalue weighted by Gasteiger charge is 2.34. The molecule has 12 rings (SSSR count). The molecule has 0 fully saturated rings. The predicted octanol–water partition coefficient (Wildman–Crippen LogP) is 10.7. The van der Waals surface area contributed by atoms with Crippen molar-refractivity contribution in [3.05, 3.63) is 211 Å². The number of aliphatic hydroxyl groups excluding tert-OH is 4. The fraction of sp³-hybridized carbons (Fsp3) is 0.246. The van der Waals surface area contributed by atoms with E-state index in [9.17, 15) is 39.6 Å². The van der Waals surface area contributed by atoms with Crippen molar-refractivity contribution in [2.24, 2.45) is 5.41 Å². The molecule has 0 aliphatic rings. The molecule has 20 heteroatoms. The van der Waals surface area contributed by atoms with E-state index in [2.05, 4.69) is 0 Å². The van der Waals surface area contributed by atoms with Gasteiger partial charge in [-0.05, 0) is 121 Å². The molecule has 89 heavy (non-hydrogen) atoms. The molecule has 12 aromatic rings. The van der Waals surface area contributed by atoms with E-state index in [-0.39, 0.29) is 101 Å². The number of rotatable bonds is 28. The molecular formula is C69H60O16S4. The van der Waals surface area contributed by atoms with Crippen molar-refractivity contribution < 1.29 is 58.3 Å². The summed E-state index contributed by atoms with van der Waals surface area (Å²) < 4.78 is 55.6. The Labute approximate surface area is 524 Å². The zero-order valence-electron chi connectivity index (χ0n) is 47.8. The Bertz CT molecular complexity index is 4170. The summed E-state index contributed by atoms with van der Waals surface area (Å²) in [6.45, 7) is -2.49. The zero-order valence-corrected chi connectivity index (χ0v) is 51.0. The summed E-state index contributed by atoms with van der Waals surface area (Å²) in [7, 11) is 0. The molecule has 0 saturated carbocycles. The van der Waals surface area contributed by atoms with Crippen molar-refractivity contribution in [3.63, 3.8) is 0 Å². The first-order valence-electron chi connectivity index (χ1n) is 28.7. The summed E-state index contributed by atoms with van der Waals surface area (Å²) >= 11 is 5.98. The summed E-state index contributed by atoms with van der Waals surface area (Å²) in [6.07, 6.45) is -4.66. The van der Waals surface area contributed by atoms with Crippen LogP contribution in [0, 0.1) is 5.41 Å². The molecule has 0 aliphatic carbocycles. The Morgan fingerprint density at radius 1 is 0.281 bits per heavy atom. The zero-order chi connectivity index (χ0) is 61.4. The maximum atomic E-state index is 13.4. The molecular weight excluding hydrogens is 1210 g/mol.